The summed E-state index contributed by atoms with van der Waals surface area (Å²) in [5.41, 5.74) is 2.01. The minimum absolute atomic E-state index is 0.0177. The Morgan fingerprint density at radius 3 is 2.10 bits per heavy atom. The molecule has 2 amide bonds. The molecule has 1 N–H and O–H groups in total. The van der Waals surface area contributed by atoms with E-state index in [1.165, 1.54) is 29.2 Å². The minimum Gasteiger partial charge on any atom is -0.352 e. The van der Waals surface area contributed by atoms with Gasteiger partial charge in [-0.05, 0) is 73.2 Å². The van der Waals surface area contributed by atoms with Gasteiger partial charge in [0, 0.05) is 12.6 Å². The number of hydrogen-bond donors (Lipinski definition) is 1. The largest absolute Gasteiger partial charge is 0.352 e. The Bertz CT molecular complexity index is 1440. The van der Waals surface area contributed by atoms with Crippen molar-refractivity contribution in [2.24, 2.45) is 0 Å². The fourth-order valence-electron chi connectivity index (χ4n) is 5.21. The average molecular weight is 594 g/mol. The fourth-order valence-corrected chi connectivity index (χ4v) is 6.65. The number of amides is 2. The number of carbonyl (C=O) groups is 2. The molecule has 0 unspecified atom stereocenters. The molecule has 0 aromatic heterocycles. The van der Waals surface area contributed by atoms with Crippen LogP contribution in [0, 0.1) is 5.82 Å². The first-order valence-electron chi connectivity index (χ1n) is 14.6. The first kappa shape index (κ1) is 31.2. The Balaban J connectivity index is 1.67. The predicted molar refractivity (Wildman–Crippen MR) is 163 cm³/mol. The number of halogens is 1. The van der Waals surface area contributed by atoms with E-state index in [9.17, 15) is 22.4 Å². The molecule has 1 atom stereocenters. The topological polar surface area (TPSA) is 86.8 Å². The maximum atomic E-state index is 14.1. The summed E-state index contributed by atoms with van der Waals surface area (Å²) in [6, 6.07) is 20.0. The van der Waals surface area contributed by atoms with Crippen molar-refractivity contribution in [1.82, 2.24) is 10.2 Å². The van der Waals surface area contributed by atoms with E-state index in [0.717, 1.165) is 42.0 Å². The summed E-state index contributed by atoms with van der Waals surface area (Å²) in [6.45, 7) is 5.24. The van der Waals surface area contributed by atoms with Crippen LogP contribution in [0.25, 0.3) is 0 Å². The Hall–Kier alpha value is -3.72. The van der Waals surface area contributed by atoms with Crippen LogP contribution in [0.2, 0.25) is 0 Å². The van der Waals surface area contributed by atoms with E-state index in [0.29, 0.717) is 11.3 Å². The van der Waals surface area contributed by atoms with Gasteiger partial charge < -0.3 is 10.2 Å². The molecule has 0 saturated heterocycles. The van der Waals surface area contributed by atoms with Crippen LogP contribution in [0.3, 0.4) is 0 Å². The third-order valence-corrected chi connectivity index (χ3v) is 9.63. The van der Waals surface area contributed by atoms with Gasteiger partial charge in [-0.2, -0.15) is 0 Å². The maximum Gasteiger partial charge on any atom is 0.264 e. The summed E-state index contributed by atoms with van der Waals surface area (Å²) in [5, 5.41) is 3.08. The van der Waals surface area contributed by atoms with Crippen LogP contribution in [0.5, 0.6) is 0 Å². The molecule has 42 heavy (non-hydrogen) atoms. The Morgan fingerprint density at radius 1 is 0.881 bits per heavy atom. The molecule has 9 heteroatoms. The zero-order chi connectivity index (χ0) is 30.3. The summed E-state index contributed by atoms with van der Waals surface area (Å²) >= 11 is 0. The molecule has 3 aromatic carbocycles. The van der Waals surface area contributed by atoms with Crippen LogP contribution in [0.15, 0.2) is 83.8 Å². The van der Waals surface area contributed by atoms with E-state index in [-0.39, 0.29) is 29.3 Å². The molecule has 1 fully saturated rings. The summed E-state index contributed by atoms with van der Waals surface area (Å²) in [7, 11) is -4.13. The molecule has 1 saturated carbocycles. The van der Waals surface area contributed by atoms with Gasteiger partial charge in [-0.3, -0.25) is 13.9 Å². The van der Waals surface area contributed by atoms with Crippen LogP contribution in [0.4, 0.5) is 10.1 Å². The van der Waals surface area contributed by atoms with E-state index >= 15 is 0 Å². The van der Waals surface area contributed by atoms with Crippen molar-refractivity contribution in [1.29, 1.82) is 0 Å². The van der Waals surface area contributed by atoms with Crippen molar-refractivity contribution in [2.75, 3.05) is 10.8 Å². The summed E-state index contributed by atoms with van der Waals surface area (Å²) in [4.78, 5) is 28.9. The average Bonchev–Trinajstić information content (AvgIpc) is 3.00. The van der Waals surface area contributed by atoms with E-state index in [2.05, 4.69) is 5.32 Å². The Morgan fingerprint density at radius 2 is 1.50 bits per heavy atom. The molecule has 4 rings (SSSR count). The number of rotatable bonds is 11. The zero-order valence-electron chi connectivity index (χ0n) is 24.5. The smallest absolute Gasteiger partial charge is 0.264 e. The summed E-state index contributed by atoms with van der Waals surface area (Å²) < 4.78 is 42.5. The highest BCUT2D eigenvalue weighted by Crippen LogP contribution is 2.27. The third-order valence-electron chi connectivity index (χ3n) is 7.84. The second kappa shape index (κ2) is 14.0. The van der Waals surface area contributed by atoms with Gasteiger partial charge in [0.15, 0.2) is 0 Å². The zero-order valence-corrected chi connectivity index (χ0v) is 25.3. The molecule has 1 aliphatic rings. The predicted octanol–water partition coefficient (Wildman–Crippen LogP) is 6.01. The maximum absolute atomic E-state index is 14.1. The quantitative estimate of drug-likeness (QED) is 0.295. The molecule has 0 bridgehead atoms. The second-order valence-electron chi connectivity index (χ2n) is 11.2. The van der Waals surface area contributed by atoms with Gasteiger partial charge in [-0.1, -0.05) is 75.6 Å². The molecule has 0 spiro atoms. The normalized spacial score (nSPS) is 14.8. The highest BCUT2D eigenvalue weighted by Gasteiger charge is 2.33. The SMILES string of the molecule is CC(C)c1ccc(N(CC(=O)N(Cc2ccc(F)cc2)[C@@H](C)C(=O)NC2CCCCC2)S(=O)(=O)c2ccccc2)cc1. The lowest BCUT2D eigenvalue weighted by Gasteiger charge is -2.33. The van der Waals surface area contributed by atoms with Crippen LogP contribution in [-0.2, 0) is 26.2 Å². The molecule has 0 radical (unpaired) electrons. The van der Waals surface area contributed by atoms with Crippen molar-refractivity contribution in [3.63, 3.8) is 0 Å². The monoisotopic (exact) mass is 593 g/mol. The number of nitrogens with zero attached hydrogens (tertiary/aromatic N) is 2. The molecule has 0 heterocycles. The highest BCUT2D eigenvalue weighted by atomic mass is 32.2. The fraction of sp³-hybridized carbons (Fsp3) is 0.394. The van der Waals surface area contributed by atoms with Crippen LogP contribution in [-0.4, -0.2) is 43.8 Å². The van der Waals surface area contributed by atoms with Gasteiger partial charge in [0.1, 0.15) is 18.4 Å². The standard InChI is InChI=1S/C33H40FN3O4S/c1-24(2)27-16-20-30(21-17-27)37(42(40,41)31-12-8-5-9-13-31)23-32(38)36(22-26-14-18-28(34)19-15-26)25(3)33(39)35-29-10-6-4-7-11-29/h5,8-9,12-21,24-25,29H,4,6-7,10-11,22-23H2,1-3H3,(H,35,39)/t25-/m0/s1. The Kier molecular flexibility index (Phi) is 10.4. The van der Waals surface area contributed by atoms with Crippen molar-refractivity contribution >= 4 is 27.5 Å². The van der Waals surface area contributed by atoms with Gasteiger partial charge in [0.05, 0.1) is 10.6 Å². The van der Waals surface area contributed by atoms with E-state index in [4.69, 9.17) is 0 Å². The van der Waals surface area contributed by atoms with Gasteiger partial charge in [0.2, 0.25) is 11.8 Å². The van der Waals surface area contributed by atoms with Gasteiger partial charge in [-0.25, -0.2) is 12.8 Å². The number of carbonyl (C=O) groups excluding carboxylic acids is 2. The summed E-state index contributed by atoms with van der Waals surface area (Å²) in [6.07, 6.45) is 5.00. The number of nitrogens with one attached hydrogen (secondary N) is 1. The van der Waals surface area contributed by atoms with Crippen molar-refractivity contribution in [3.05, 3.63) is 95.8 Å². The van der Waals surface area contributed by atoms with Crippen LogP contribution in [0.1, 0.15) is 69.9 Å². The van der Waals surface area contributed by atoms with Crippen LogP contribution < -0.4 is 9.62 Å². The van der Waals surface area contributed by atoms with E-state index in [1.807, 2.05) is 26.0 Å². The van der Waals surface area contributed by atoms with Gasteiger partial charge in [-0.15, -0.1) is 0 Å². The van der Waals surface area contributed by atoms with Crippen molar-refractivity contribution < 1.29 is 22.4 Å². The Labute approximate surface area is 248 Å². The molecular weight excluding hydrogens is 553 g/mol. The molecular formula is C33H40FN3O4S. The molecule has 3 aromatic rings. The summed E-state index contributed by atoms with van der Waals surface area (Å²) in [5.74, 6) is -1.01. The molecule has 0 aliphatic heterocycles. The first-order chi connectivity index (χ1) is 20.1. The van der Waals surface area contributed by atoms with E-state index in [1.54, 1.807) is 49.4 Å². The second-order valence-corrected chi connectivity index (χ2v) is 13.1. The van der Waals surface area contributed by atoms with Gasteiger partial charge in [0.25, 0.3) is 10.0 Å². The third kappa shape index (κ3) is 7.76. The van der Waals surface area contributed by atoms with Crippen LogP contribution >= 0.6 is 0 Å². The molecule has 1 aliphatic carbocycles. The minimum atomic E-state index is -4.13. The lowest BCUT2D eigenvalue weighted by Crippen LogP contribution is -2.53. The lowest BCUT2D eigenvalue weighted by molar-refractivity contribution is -0.139. The molecule has 224 valence electrons. The number of sulfonamides is 1. The lowest BCUT2D eigenvalue weighted by atomic mass is 9.95. The number of hydrogen-bond acceptors (Lipinski definition) is 4. The van der Waals surface area contributed by atoms with Crippen molar-refractivity contribution in [2.45, 2.75) is 82.3 Å². The highest BCUT2D eigenvalue weighted by molar-refractivity contribution is 7.92. The number of anilines is 1. The van der Waals surface area contributed by atoms with Crippen molar-refractivity contribution in [3.8, 4) is 0 Å². The van der Waals surface area contributed by atoms with E-state index < -0.39 is 34.3 Å². The van der Waals surface area contributed by atoms with Gasteiger partial charge >= 0.3 is 0 Å². The number of benzene rings is 3. The molecule has 7 nitrogen and oxygen atoms in total. The first-order valence-corrected chi connectivity index (χ1v) is 16.0.